The van der Waals surface area contributed by atoms with Gasteiger partial charge in [-0.1, -0.05) is 24.1 Å². The number of benzene rings is 1. The molecule has 0 spiro atoms. The second-order valence-electron chi connectivity index (χ2n) is 4.49. The van der Waals surface area contributed by atoms with Crippen LogP contribution in [0.4, 0.5) is 5.69 Å². The highest BCUT2D eigenvalue weighted by Gasteiger charge is 2.24. The van der Waals surface area contributed by atoms with Crippen molar-refractivity contribution in [1.82, 2.24) is 5.32 Å². The highest BCUT2D eigenvalue weighted by molar-refractivity contribution is 6.34. The van der Waals surface area contributed by atoms with Crippen molar-refractivity contribution >= 4 is 29.1 Å². The molecule has 0 bridgehead atoms. The van der Waals surface area contributed by atoms with Gasteiger partial charge in [0.1, 0.15) is 17.5 Å². The molecule has 0 saturated carbocycles. The number of phenolic OH excluding ortho intramolecular Hbond substituents is 1. The van der Waals surface area contributed by atoms with Crippen molar-refractivity contribution in [2.45, 2.75) is 31.7 Å². The van der Waals surface area contributed by atoms with Gasteiger partial charge in [-0.2, -0.15) is 0 Å². The molecule has 2 rings (SSSR count). The van der Waals surface area contributed by atoms with Gasteiger partial charge in [-0.25, -0.2) is 0 Å². The fourth-order valence-corrected chi connectivity index (χ4v) is 2.23. The van der Waals surface area contributed by atoms with Crippen molar-refractivity contribution < 1.29 is 14.7 Å². The van der Waals surface area contributed by atoms with Crippen molar-refractivity contribution in [3.8, 4) is 5.75 Å². The average molecular weight is 283 g/mol. The van der Waals surface area contributed by atoms with Crippen molar-refractivity contribution in [1.29, 1.82) is 0 Å². The summed E-state index contributed by atoms with van der Waals surface area (Å²) in [6.07, 6.45) is 2.63. The molecule has 0 aromatic heterocycles. The van der Waals surface area contributed by atoms with Gasteiger partial charge in [0.2, 0.25) is 11.8 Å². The molecule has 1 heterocycles. The van der Waals surface area contributed by atoms with Crippen LogP contribution in [-0.4, -0.2) is 23.0 Å². The van der Waals surface area contributed by atoms with Gasteiger partial charge in [-0.05, 0) is 25.0 Å². The number of para-hydroxylation sites is 1. The van der Waals surface area contributed by atoms with E-state index in [-0.39, 0.29) is 28.3 Å². The summed E-state index contributed by atoms with van der Waals surface area (Å²) < 4.78 is 0. The summed E-state index contributed by atoms with van der Waals surface area (Å²) in [5.74, 6) is -0.583. The maximum atomic E-state index is 12.1. The van der Waals surface area contributed by atoms with Crippen LogP contribution in [0.15, 0.2) is 18.2 Å². The van der Waals surface area contributed by atoms with Crippen LogP contribution in [0.25, 0.3) is 0 Å². The van der Waals surface area contributed by atoms with E-state index in [0.29, 0.717) is 12.8 Å². The number of hydrogen-bond acceptors (Lipinski definition) is 3. The van der Waals surface area contributed by atoms with Crippen LogP contribution in [0, 0.1) is 0 Å². The highest BCUT2D eigenvalue weighted by Crippen LogP contribution is 2.31. The first-order valence-corrected chi connectivity index (χ1v) is 6.53. The molecule has 3 N–H and O–H groups in total. The van der Waals surface area contributed by atoms with Crippen LogP contribution >= 0.6 is 11.6 Å². The molecule has 1 saturated heterocycles. The number of aromatic hydroxyl groups is 1. The lowest BCUT2D eigenvalue weighted by atomic mass is 10.1. The monoisotopic (exact) mass is 282 g/mol. The number of anilines is 1. The summed E-state index contributed by atoms with van der Waals surface area (Å²) in [5.41, 5.74) is 0.174. The number of rotatable bonds is 2. The van der Waals surface area contributed by atoms with Gasteiger partial charge < -0.3 is 15.7 Å². The third kappa shape index (κ3) is 3.38. The number of halogens is 1. The summed E-state index contributed by atoms with van der Waals surface area (Å²) in [6.45, 7) is 0. The topological polar surface area (TPSA) is 78.4 Å². The Morgan fingerprint density at radius 2 is 2.21 bits per heavy atom. The molecule has 1 aromatic carbocycles. The number of carbonyl (C=O) groups is 2. The Balaban J connectivity index is 2.10. The molecular weight excluding hydrogens is 268 g/mol. The van der Waals surface area contributed by atoms with E-state index in [1.165, 1.54) is 6.07 Å². The molecule has 1 aliphatic heterocycles. The quantitative estimate of drug-likeness (QED) is 0.726. The lowest BCUT2D eigenvalue weighted by Gasteiger charge is -2.16. The summed E-state index contributed by atoms with van der Waals surface area (Å²) in [5, 5.41) is 15.1. The van der Waals surface area contributed by atoms with E-state index in [1.807, 2.05) is 0 Å². The molecule has 6 heteroatoms. The molecule has 1 aliphatic rings. The lowest BCUT2D eigenvalue weighted by molar-refractivity contribution is -0.125. The van der Waals surface area contributed by atoms with E-state index in [9.17, 15) is 14.7 Å². The molecule has 2 amide bonds. The lowest BCUT2D eigenvalue weighted by Crippen LogP contribution is -2.42. The Morgan fingerprint density at radius 3 is 2.95 bits per heavy atom. The Morgan fingerprint density at radius 1 is 1.42 bits per heavy atom. The van der Waals surface area contributed by atoms with Gasteiger partial charge in [-0.15, -0.1) is 0 Å². The third-order valence-corrected chi connectivity index (χ3v) is 3.35. The van der Waals surface area contributed by atoms with E-state index < -0.39 is 6.04 Å². The number of phenols is 1. The first-order valence-electron chi connectivity index (χ1n) is 6.15. The van der Waals surface area contributed by atoms with E-state index in [1.54, 1.807) is 12.1 Å². The zero-order chi connectivity index (χ0) is 13.8. The third-order valence-electron chi connectivity index (χ3n) is 3.04. The van der Waals surface area contributed by atoms with E-state index in [4.69, 9.17) is 11.6 Å². The Bertz CT molecular complexity index is 484. The van der Waals surface area contributed by atoms with Crippen LogP contribution in [0.1, 0.15) is 25.7 Å². The second-order valence-corrected chi connectivity index (χ2v) is 4.90. The summed E-state index contributed by atoms with van der Waals surface area (Å²) >= 11 is 5.91. The molecular formula is C13H15ClN2O3. The van der Waals surface area contributed by atoms with Crippen molar-refractivity contribution in [3.05, 3.63) is 23.2 Å². The first kappa shape index (κ1) is 13.7. The standard InChI is InChI=1S/C13H15ClN2O3/c14-8-4-3-6-10(17)12(8)16-13(19)9-5-1-2-7-11(18)15-9/h3-4,6,9,17H,1-2,5,7H2,(H,15,18)(H,16,19). The van der Waals surface area contributed by atoms with E-state index in [0.717, 1.165) is 12.8 Å². The molecule has 102 valence electrons. The van der Waals surface area contributed by atoms with Gasteiger partial charge in [-0.3, -0.25) is 9.59 Å². The number of carbonyl (C=O) groups excluding carboxylic acids is 2. The molecule has 0 aliphatic carbocycles. The van der Waals surface area contributed by atoms with Crippen LogP contribution < -0.4 is 10.6 Å². The number of nitrogens with one attached hydrogen (secondary N) is 2. The summed E-state index contributed by atoms with van der Waals surface area (Å²) in [4.78, 5) is 23.5. The molecule has 1 atom stereocenters. The van der Waals surface area contributed by atoms with Gasteiger partial charge in [0.25, 0.3) is 0 Å². The molecule has 1 fully saturated rings. The molecule has 19 heavy (non-hydrogen) atoms. The smallest absolute Gasteiger partial charge is 0.247 e. The van der Waals surface area contributed by atoms with Crippen LogP contribution in [0.2, 0.25) is 5.02 Å². The van der Waals surface area contributed by atoms with Crippen LogP contribution in [0.5, 0.6) is 5.75 Å². The predicted octanol–water partition coefficient (Wildman–Crippen LogP) is 2.04. The van der Waals surface area contributed by atoms with Crippen molar-refractivity contribution in [3.63, 3.8) is 0 Å². The zero-order valence-corrected chi connectivity index (χ0v) is 11.0. The molecule has 5 nitrogen and oxygen atoms in total. The number of hydrogen-bond donors (Lipinski definition) is 3. The highest BCUT2D eigenvalue weighted by atomic mass is 35.5. The minimum atomic E-state index is -0.578. The zero-order valence-electron chi connectivity index (χ0n) is 10.3. The molecule has 0 radical (unpaired) electrons. The largest absolute Gasteiger partial charge is 0.506 e. The SMILES string of the molecule is O=C1CCCCC(C(=O)Nc2c(O)cccc2Cl)N1. The normalized spacial score (nSPS) is 19.4. The van der Waals surface area contributed by atoms with Gasteiger partial charge in [0.05, 0.1) is 5.02 Å². The Hall–Kier alpha value is -1.75. The average Bonchev–Trinajstić information content (AvgIpc) is 2.58. The maximum Gasteiger partial charge on any atom is 0.247 e. The molecule has 1 aromatic rings. The fraction of sp³-hybridized carbons (Fsp3) is 0.385. The maximum absolute atomic E-state index is 12.1. The molecule has 1 unspecified atom stereocenters. The minimum Gasteiger partial charge on any atom is -0.506 e. The Labute approximate surface area is 116 Å². The minimum absolute atomic E-state index is 0.0965. The van der Waals surface area contributed by atoms with E-state index in [2.05, 4.69) is 10.6 Å². The van der Waals surface area contributed by atoms with Gasteiger partial charge >= 0.3 is 0 Å². The van der Waals surface area contributed by atoms with Crippen molar-refractivity contribution in [2.75, 3.05) is 5.32 Å². The van der Waals surface area contributed by atoms with Crippen molar-refractivity contribution in [2.24, 2.45) is 0 Å². The fourth-order valence-electron chi connectivity index (χ4n) is 2.02. The van der Waals surface area contributed by atoms with Gasteiger partial charge in [0.15, 0.2) is 0 Å². The second kappa shape index (κ2) is 5.93. The summed E-state index contributed by atoms with van der Waals surface area (Å²) in [6, 6.07) is 4.02. The van der Waals surface area contributed by atoms with Gasteiger partial charge in [0, 0.05) is 6.42 Å². The van der Waals surface area contributed by atoms with E-state index >= 15 is 0 Å². The Kier molecular flexibility index (Phi) is 4.27. The predicted molar refractivity (Wildman–Crippen MR) is 72.1 cm³/mol. The van der Waals surface area contributed by atoms with Crippen LogP contribution in [0.3, 0.4) is 0 Å². The number of amides is 2. The van der Waals surface area contributed by atoms with Crippen LogP contribution in [-0.2, 0) is 9.59 Å². The first-order chi connectivity index (χ1) is 9.08. The summed E-state index contributed by atoms with van der Waals surface area (Å²) in [7, 11) is 0.